The summed E-state index contributed by atoms with van der Waals surface area (Å²) in [4.78, 5) is 12.0. The molecule has 1 saturated carbocycles. The van der Waals surface area contributed by atoms with Gasteiger partial charge < -0.3 is 0 Å². The summed E-state index contributed by atoms with van der Waals surface area (Å²) in [5, 5.41) is 0.366. The van der Waals surface area contributed by atoms with Crippen LogP contribution < -0.4 is 0 Å². The first kappa shape index (κ1) is 9.57. The number of thioether (sulfide) groups is 1. The average molecular weight is 198 g/mol. The Balaban J connectivity index is 1.95. The Morgan fingerprint density at radius 3 is 2.62 bits per heavy atom. The molecule has 74 valence electrons. The highest BCUT2D eigenvalue weighted by Crippen LogP contribution is 2.37. The van der Waals surface area contributed by atoms with E-state index >= 15 is 0 Å². The molecule has 2 heteroatoms. The summed E-state index contributed by atoms with van der Waals surface area (Å²) in [6.45, 7) is 2.25. The molecule has 0 N–H and O–H groups in total. The van der Waals surface area contributed by atoms with E-state index in [1.807, 2.05) is 11.8 Å². The van der Waals surface area contributed by atoms with E-state index in [1.165, 1.54) is 25.0 Å². The quantitative estimate of drug-likeness (QED) is 0.678. The molecule has 0 aromatic carbocycles. The number of hydrogen-bond acceptors (Lipinski definition) is 2. The maximum absolute atomic E-state index is 12.0. The average Bonchev–Trinajstić information content (AvgIpc) is 2.72. The SMILES string of the molecule is CC1CCCC1C(=O)C1CCCS1. The van der Waals surface area contributed by atoms with E-state index in [0.717, 1.165) is 12.8 Å². The minimum atomic E-state index is 0.366. The lowest BCUT2D eigenvalue weighted by atomic mass is 9.91. The summed E-state index contributed by atoms with van der Waals surface area (Å²) in [7, 11) is 0. The van der Waals surface area contributed by atoms with Crippen LogP contribution in [0.25, 0.3) is 0 Å². The first-order valence-corrected chi connectivity index (χ1v) is 6.49. The Labute approximate surface area is 84.7 Å². The van der Waals surface area contributed by atoms with Crippen LogP contribution in [0.15, 0.2) is 0 Å². The van der Waals surface area contributed by atoms with Crippen LogP contribution in [-0.2, 0) is 4.79 Å². The fourth-order valence-corrected chi connectivity index (χ4v) is 3.90. The number of hydrogen-bond donors (Lipinski definition) is 0. The second kappa shape index (κ2) is 4.04. The van der Waals surface area contributed by atoms with Gasteiger partial charge in [-0.15, -0.1) is 0 Å². The fraction of sp³-hybridized carbons (Fsp3) is 0.909. The van der Waals surface area contributed by atoms with Gasteiger partial charge in [-0.3, -0.25) is 4.79 Å². The Kier molecular flexibility index (Phi) is 2.97. The highest BCUT2D eigenvalue weighted by molar-refractivity contribution is 8.00. The van der Waals surface area contributed by atoms with Crippen molar-refractivity contribution in [3.05, 3.63) is 0 Å². The van der Waals surface area contributed by atoms with E-state index < -0.39 is 0 Å². The van der Waals surface area contributed by atoms with Crippen LogP contribution in [0.2, 0.25) is 0 Å². The van der Waals surface area contributed by atoms with E-state index in [9.17, 15) is 4.79 Å². The zero-order chi connectivity index (χ0) is 9.26. The molecule has 0 spiro atoms. The summed E-state index contributed by atoms with van der Waals surface area (Å²) in [5.74, 6) is 2.86. The lowest BCUT2D eigenvalue weighted by Crippen LogP contribution is -2.25. The van der Waals surface area contributed by atoms with Gasteiger partial charge in [0.15, 0.2) is 0 Å². The van der Waals surface area contributed by atoms with Crippen LogP contribution >= 0.6 is 11.8 Å². The van der Waals surface area contributed by atoms with Gasteiger partial charge in [-0.05, 0) is 37.4 Å². The highest BCUT2D eigenvalue weighted by Gasteiger charge is 2.35. The second-order valence-electron chi connectivity index (χ2n) is 4.42. The normalized spacial score (nSPS) is 39.6. The molecule has 2 fully saturated rings. The number of ketones is 1. The molecule has 13 heavy (non-hydrogen) atoms. The third-order valence-electron chi connectivity index (χ3n) is 3.47. The van der Waals surface area contributed by atoms with Gasteiger partial charge in [0.05, 0.1) is 5.25 Å². The molecule has 0 aromatic heterocycles. The molecule has 2 rings (SSSR count). The van der Waals surface area contributed by atoms with Crippen molar-refractivity contribution in [3.63, 3.8) is 0 Å². The molecule has 1 heterocycles. The largest absolute Gasteiger partial charge is 0.298 e. The van der Waals surface area contributed by atoms with Gasteiger partial charge in [-0.2, -0.15) is 11.8 Å². The highest BCUT2D eigenvalue weighted by atomic mass is 32.2. The molecule has 1 aliphatic heterocycles. The molecule has 0 aromatic rings. The van der Waals surface area contributed by atoms with E-state index in [4.69, 9.17) is 0 Å². The van der Waals surface area contributed by atoms with Crippen LogP contribution in [0.3, 0.4) is 0 Å². The van der Waals surface area contributed by atoms with Crippen molar-refractivity contribution in [2.45, 2.75) is 44.3 Å². The van der Waals surface area contributed by atoms with E-state index in [2.05, 4.69) is 6.92 Å². The minimum absolute atomic E-state index is 0.366. The summed E-state index contributed by atoms with van der Waals surface area (Å²) in [6, 6.07) is 0. The Morgan fingerprint density at radius 1 is 1.23 bits per heavy atom. The first-order chi connectivity index (χ1) is 6.29. The molecule has 1 aliphatic carbocycles. The van der Waals surface area contributed by atoms with Crippen molar-refractivity contribution in [2.75, 3.05) is 5.75 Å². The summed E-state index contributed by atoms with van der Waals surface area (Å²) in [5.41, 5.74) is 0. The van der Waals surface area contributed by atoms with E-state index in [0.29, 0.717) is 22.9 Å². The van der Waals surface area contributed by atoms with Gasteiger partial charge in [-0.25, -0.2) is 0 Å². The van der Waals surface area contributed by atoms with Gasteiger partial charge in [0.2, 0.25) is 0 Å². The molecular weight excluding hydrogens is 180 g/mol. The summed E-state index contributed by atoms with van der Waals surface area (Å²) >= 11 is 1.89. The molecule has 1 saturated heterocycles. The lowest BCUT2D eigenvalue weighted by Gasteiger charge is -2.17. The molecule has 2 aliphatic rings. The van der Waals surface area contributed by atoms with Gasteiger partial charge in [-0.1, -0.05) is 13.3 Å². The summed E-state index contributed by atoms with van der Waals surface area (Å²) < 4.78 is 0. The van der Waals surface area contributed by atoms with E-state index in [1.54, 1.807) is 0 Å². The van der Waals surface area contributed by atoms with Crippen molar-refractivity contribution >= 4 is 17.5 Å². The maximum atomic E-state index is 12.0. The predicted octanol–water partition coefficient (Wildman–Crippen LogP) is 2.89. The van der Waals surface area contributed by atoms with Gasteiger partial charge in [0.1, 0.15) is 5.78 Å². The third-order valence-corrected chi connectivity index (χ3v) is 4.87. The lowest BCUT2D eigenvalue weighted by molar-refractivity contribution is -0.123. The standard InChI is InChI=1S/C11H18OS/c1-8-4-2-5-9(8)11(12)10-6-3-7-13-10/h8-10H,2-7H2,1H3. The number of carbonyl (C=O) groups excluding carboxylic acids is 1. The Hall–Kier alpha value is 0.0200. The molecule has 0 amide bonds. The zero-order valence-electron chi connectivity index (χ0n) is 8.29. The van der Waals surface area contributed by atoms with Crippen molar-refractivity contribution in [3.8, 4) is 0 Å². The smallest absolute Gasteiger partial charge is 0.149 e. The maximum Gasteiger partial charge on any atom is 0.149 e. The van der Waals surface area contributed by atoms with Crippen molar-refractivity contribution < 1.29 is 4.79 Å². The van der Waals surface area contributed by atoms with Crippen molar-refractivity contribution in [1.29, 1.82) is 0 Å². The topological polar surface area (TPSA) is 17.1 Å². The predicted molar refractivity (Wildman–Crippen MR) is 57.0 cm³/mol. The van der Waals surface area contributed by atoms with Crippen LogP contribution in [0.5, 0.6) is 0 Å². The second-order valence-corrected chi connectivity index (χ2v) is 5.73. The molecule has 0 bridgehead atoms. The Bertz CT molecular complexity index is 196. The van der Waals surface area contributed by atoms with E-state index in [-0.39, 0.29) is 0 Å². The number of Topliss-reactive ketones (excluding diaryl/α,β-unsaturated/α-hetero) is 1. The first-order valence-electron chi connectivity index (χ1n) is 5.44. The van der Waals surface area contributed by atoms with Crippen LogP contribution in [0.1, 0.15) is 39.0 Å². The third kappa shape index (κ3) is 1.93. The van der Waals surface area contributed by atoms with Crippen molar-refractivity contribution in [1.82, 2.24) is 0 Å². The summed E-state index contributed by atoms with van der Waals surface area (Å²) in [6.07, 6.45) is 6.11. The van der Waals surface area contributed by atoms with Crippen LogP contribution in [0, 0.1) is 11.8 Å². The fourth-order valence-electron chi connectivity index (χ4n) is 2.61. The van der Waals surface area contributed by atoms with Crippen molar-refractivity contribution in [2.24, 2.45) is 11.8 Å². The number of rotatable bonds is 2. The zero-order valence-corrected chi connectivity index (χ0v) is 9.11. The molecule has 3 unspecified atom stereocenters. The van der Waals surface area contributed by atoms with Gasteiger partial charge in [0, 0.05) is 5.92 Å². The van der Waals surface area contributed by atoms with Gasteiger partial charge in [0.25, 0.3) is 0 Å². The van der Waals surface area contributed by atoms with Crippen LogP contribution in [0.4, 0.5) is 0 Å². The van der Waals surface area contributed by atoms with Gasteiger partial charge >= 0.3 is 0 Å². The molecular formula is C11H18OS. The molecule has 3 atom stereocenters. The monoisotopic (exact) mass is 198 g/mol. The number of carbonyl (C=O) groups is 1. The molecule has 1 nitrogen and oxygen atoms in total. The Morgan fingerprint density at radius 2 is 2.08 bits per heavy atom. The molecule has 0 radical (unpaired) electrons. The van der Waals surface area contributed by atoms with Crippen LogP contribution in [-0.4, -0.2) is 16.8 Å². The minimum Gasteiger partial charge on any atom is -0.298 e.